The lowest BCUT2D eigenvalue weighted by atomic mass is 10.1. The van der Waals surface area contributed by atoms with Crippen LogP contribution in [0.5, 0.6) is 0 Å². The van der Waals surface area contributed by atoms with Gasteiger partial charge in [0.2, 0.25) is 0 Å². The lowest BCUT2D eigenvalue weighted by molar-refractivity contribution is 0.0709. The van der Waals surface area contributed by atoms with Gasteiger partial charge in [-0.1, -0.05) is 17.7 Å². The second-order valence-electron chi connectivity index (χ2n) is 6.17. The average molecular weight is 272 g/mol. The fourth-order valence-corrected chi connectivity index (χ4v) is 3.42. The number of benzene rings is 1. The smallest absolute Gasteiger partial charge is 0.254 e. The zero-order chi connectivity index (χ0) is 13.9. The number of hydrogen-bond donors (Lipinski definition) is 0. The molecule has 3 nitrogen and oxygen atoms in total. The minimum absolute atomic E-state index is 0.215. The third-order valence-corrected chi connectivity index (χ3v) is 4.60. The number of nitrogens with zero attached hydrogens (tertiary/aromatic N) is 2. The van der Waals surface area contributed by atoms with Gasteiger partial charge in [0.1, 0.15) is 0 Å². The van der Waals surface area contributed by atoms with Crippen LogP contribution in [0.4, 0.5) is 0 Å². The zero-order valence-corrected chi connectivity index (χ0v) is 12.3. The predicted octanol–water partition coefficient (Wildman–Crippen LogP) is 2.70. The first-order valence-corrected chi connectivity index (χ1v) is 7.84. The van der Waals surface area contributed by atoms with Crippen LogP contribution in [0.3, 0.4) is 0 Å². The molecule has 0 bridgehead atoms. The van der Waals surface area contributed by atoms with E-state index in [9.17, 15) is 4.79 Å². The molecule has 0 aromatic heterocycles. The van der Waals surface area contributed by atoms with E-state index in [1.807, 2.05) is 24.3 Å². The number of carbonyl (C=O) groups is 1. The van der Waals surface area contributed by atoms with Crippen molar-refractivity contribution in [3.05, 3.63) is 35.4 Å². The summed E-state index contributed by atoms with van der Waals surface area (Å²) in [5, 5.41) is 0. The fraction of sp³-hybridized carbons (Fsp3) is 0.588. The quantitative estimate of drug-likeness (QED) is 0.844. The Labute approximate surface area is 121 Å². The average Bonchev–Trinajstić information content (AvgIpc) is 3.11. The predicted molar refractivity (Wildman–Crippen MR) is 80.9 cm³/mol. The Hall–Kier alpha value is -1.35. The van der Waals surface area contributed by atoms with E-state index in [4.69, 9.17) is 0 Å². The SMILES string of the molecule is Cc1ccc(C(=O)N2CCC[C@H]2CN2CCCC2)cc1. The molecule has 1 aromatic rings. The maximum atomic E-state index is 12.6. The van der Waals surface area contributed by atoms with Gasteiger partial charge in [-0.05, 0) is 57.8 Å². The van der Waals surface area contributed by atoms with E-state index in [0.29, 0.717) is 6.04 Å². The monoisotopic (exact) mass is 272 g/mol. The summed E-state index contributed by atoms with van der Waals surface area (Å²) in [4.78, 5) is 17.3. The standard InChI is InChI=1S/C17H24N2O/c1-14-6-8-15(9-7-14)17(20)19-12-4-5-16(19)13-18-10-2-3-11-18/h6-9,16H,2-5,10-13H2,1H3/t16-/m0/s1. The number of rotatable bonds is 3. The normalized spacial score (nSPS) is 23.4. The van der Waals surface area contributed by atoms with Gasteiger partial charge in [-0.2, -0.15) is 0 Å². The summed E-state index contributed by atoms with van der Waals surface area (Å²) in [5.41, 5.74) is 2.04. The molecular weight excluding hydrogens is 248 g/mol. The largest absolute Gasteiger partial charge is 0.334 e. The molecule has 1 amide bonds. The number of aryl methyl sites for hydroxylation is 1. The lowest BCUT2D eigenvalue weighted by Gasteiger charge is -2.28. The molecule has 2 aliphatic rings. The summed E-state index contributed by atoms with van der Waals surface area (Å²) in [5.74, 6) is 0.215. The molecule has 0 unspecified atom stereocenters. The van der Waals surface area contributed by atoms with Gasteiger partial charge in [0.15, 0.2) is 0 Å². The second kappa shape index (κ2) is 5.96. The Bertz CT molecular complexity index is 462. The molecule has 2 fully saturated rings. The summed E-state index contributed by atoms with van der Waals surface area (Å²) in [6, 6.07) is 8.39. The van der Waals surface area contributed by atoms with Crippen LogP contribution >= 0.6 is 0 Å². The summed E-state index contributed by atoms with van der Waals surface area (Å²) in [7, 11) is 0. The van der Waals surface area contributed by atoms with Gasteiger partial charge < -0.3 is 9.80 Å². The van der Waals surface area contributed by atoms with E-state index in [-0.39, 0.29) is 5.91 Å². The highest BCUT2D eigenvalue weighted by Crippen LogP contribution is 2.22. The summed E-state index contributed by atoms with van der Waals surface area (Å²) >= 11 is 0. The molecule has 0 saturated carbocycles. The molecule has 3 heteroatoms. The number of hydrogen-bond acceptors (Lipinski definition) is 2. The summed E-state index contributed by atoms with van der Waals surface area (Å²) in [6.07, 6.45) is 4.95. The third-order valence-electron chi connectivity index (χ3n) is 4.60. The van der Waals surface area contributed by atoms with Crippen molar-refractivity contribution in [1.82, 2.24) is 9.80 Å². The van der Waals surface area contributed by atoms with Crippen LogP contribution in [0, 0.1) is 6.92 Å². The van der Waals surface area contributed by atoms with E-state index in [1.165, 1.54) is 31.5 Å². The van der Waals surface area contributed by atoms with Crippen LogP contribution in [0.15, 0.2) is 24.3 Å². The van der Waals surface area contributed by atoms with E-state index in [1.54, 1.807) is 0 Å². The van der Waals surface area contributed by atoms with Crippen LogP contribution < -0.4 is 0 Å². The first-order valence-electron chi connectivity index (χ1n) is 7.84. The van der Waals surface area contributed by atoms with Gasteiger partial charge in [0.05, 0.1) is 0 Å². The number of likely N-dealkylation sites (tertiary alicyclic amines) is 2. The van der Waals surface area contributed by atoms with E-state index < -0.39 is 0 Å². The minimum Gasteiger partial charge on any atom is -0.334 e. The molecule has 20 heavy (non-hydrogen) atoms. The van der Waals surface area contributed by atoms with Crippen molar-refractivity contribution >= 4 is 5.91 Å². The van der Waals surface area contributed by atoms with Crippen molar-refractivity contribution in [2.75, 3.05) is 26.2 Å². The highest BCUT2D eigenvalue weighted by molar-refractivity contribution is 5.94. The van der Waals surface area contributed by atoms with Crippen LogP contribution in [-0.2, 0) is 0 Å². The van der Waals surface area contributed by atoms with Crippen molar-refractivity contribution < 1.29 is 4.79 Å². The Morgan fingerprint density at radius 2 is 1.80 bits per heavy atom. The Kier molecular flexibility index (Phi) is 4.06. The molecule has 0 N–H and O–H groups in total. The maximum absolute atomic E-state index is 12.6. The van der Waals surface area contributed by atoms with Crippen LogP contribution in [0.25, 0.3) is 0 Å². The Morgan fingerprint density at radius 1 is 1.10 bits per heavy atom. The summed E-state index contributed by atoms with van der Waals surface area (Å²) in [6.45, 7) is 6.47. The van der Waals surface area contributed by atoms with E-state index in [0.717, 1.165) is 31.5 Å². The van der Waals surface area contributed by atoms with Gasteiger partial charge in [-0.3, -0.25) is 4.79 Å². The first-order chi connectivity index (χ1) is 9.74. The van der Waals surface area contributed by atoms with Crippen molar-refractivity contribution in [3.8, 4) is 0 Å². The maximum Gasteiger partial charge on any atom is 0.254 e. The Morgan fingerprint density at radius 3 is 2.50 bits per heavy atom. The molecule has 2 heterocycles. The molecule has 1 aromatic carbocycles. The number of carbonyl (C=O) groups excluding carboxylic acids is 1. The van der Waals surface area contributed by atoms with Crippen LogP contribution in [0.1, 0.15) is 41.6 Å². The fourth-order valence-electron chi connectivity index (χ4n) is 3.42. The highest BCUT2D eigenvalue weighted by Gasteiger charge is 2.31. The topological polar surface area (TPSA) is 23.6 Å². The molecular formula is C17H24N2O. The highest BCUT2D eigenvalue weighted by atomic mass is 16.2. The van der Waals surface area contributed by atoms with Gasteiger partial charge in [0, 0.05) is 24.7 Å². The minimum atomic E-state index is 0.215. The van der Waals surface area contributed by atoms with Crippen molar-refractivity contribution in [2.45, 2.75) is 38.6 Å². The van der Waals surface area contributed by atoms with E-state index >= 15 is 0 Å². The third kappa shape index (κ3) is 2.88. The molecule has 2 saturated heterocycles. The molecule has 0 aliphatic carbocycles. The van der Waals surface area contributed by atoms with Gasteiger partial charge in [0.25, 0.3) is 5.91 Å². The lowest BCUT2D eigenvalue weighted by Crippen LogP contribution is -2.42. The molecule has 2 aliphatic heterocycles. The molecule has 0 spiro atoms. The number of amides is 1. The molecule has 0 radical (unpaired) electrons. The van der Waals surface area contributed by atoms with Crippen molar-refractivity contribution in [1.29, 1.82) is 0 Å². The van der Waals surface area contributed by atoms with Crippen LogP contribution in [0.2, 0.25) is 0 Å². The van der Waals surface area contributed by atoms with Gasteiger partial charge in [-0.15, -0.1) is 0 Å². The van der Waals surface area contributed by atoms with Crippen molar-refractivity contribution in [2.24, 2.45) is 0 Å². The van der Waals surface area contributed by atoms with E-state index in [2.05, 4.69) is 16.7 Å². The summed E-state index contributed by atoms with van der Waals surface area (Å²) < 4.78 is 0. The molecule has 1 atom stereocenters. The van der Waals surface area contributed by atoms with Gasteiger partial charge in [-0.25, -0.2) is 0 Å². The first kappa shape index (κ1) is 13.6. The van der Waals surface area contributed by atoms with Gasteiger partial charge >= 0.3 is 0 Å². The van der Waals surface area contributed by atoms with Crippen LogP contribution in [-0.4, -0.2) is 47.9 Å². The molecule has 108 valence electrons. The zero-order valence-electron chi connectivity index (χ0n) is 12.3. The van der Waals surface area contributed by atoms with Crippen molar-refractivity contribution in [3.63, 3.8) is 0 Å². The second-order valence-corrected chi connectivity index (χ2v) is 6.17. The molecule has 3 rings (SSSR count). The Balaban J connectivity index is 1.67.